The highest BCUT2D eigenvalue weighted by molar-refractivity contribution is 6.30. The topological polar surface area (TPSA) is 69.7 Å². The van der Waals surface area contributed by atoms with Crippen LogP contribution in [0.25, 0.3) is 0 Å². The summed E-state index contributed by atoms with van der Waals surface area (Å²) in [6.45, 7) is 3.14. The molecule has 1 atom stereocenters. The van der Waals surface area contributed by atoms with Gasteiger partial charge in [-0.1, -0.05) is 11.6 Å². The Hall–Kier alpha value is -1.92. The number of likely N-dealkylation sites (tertiary alicyclic amines) is 1. The molecule has 2 aliphatic rings. The SMILES string of the molecule is O=C(CCC(=O)N1CCCC(N2CCNCC2=O)C1)c1ccc(Cl)cc1. The Morgan fingerprint density at radius 1 is 1.15 bits per heavy atom. The molecule has 2 aliphatic heterocycles. The van der Waals surface area contributed by atoms with Gasteiger partial charge in [-0.15, -0.1) is 0 Å². The lowest BCUT2D eigenvalue weighted by Crippen LogP contribution is -2.57. The van der Waals surface area contributed by atoms with E-state index < -0.39 is 0 Å². The van der Waals surface area contributed by atoms with E-state index >= 15 is 0 Å². The summed E-state index contributed by atoms with van der Waals surface area (Å²) in [7, 11) is 0. The van der Waals surface area contributed by atoms with Crippen molar-refractivity contribution < 1.29 is 14.4 Å². The number of hydrogen-bond donors (Lipinski definition) is 1. The number of benzene rings is 1. The van der Waals surface area contributed by atoms with Gasteiger partial charge in [-0.3, -0.25) is 14.4 Å². The molecule has 2 fully saturated rings. The first-order valence-corrected chi connectivity index (χ1v) is 9.49. The predicted octanol–water partition coefficient (Wildman–Crippen LogP) is 1.73. The number of piperidine rings is 1. The smallest absolute Gasteiger partial charge is 0.236 e. The van der Waals surface area contributed by atoms with Crippen molar-refractivity contribution in [1.82, 2.24) is 15.1 Å². The van der Waals surface area contributed by atoms with Crippen LogP contribution in [0.1, 0.15) is 36.0 Å². The molecule has 3 rings (SSSR count). The number of nitrogens with zero attached hydrogens (tertiary/aromatic N) is 2. The number of ketones is 1. The molecule has 2 saturated heterocycles. The van der Waals surface area contributed by atoms with Crippen LogP contribution in [-0.4, -0.2) is 66.2 Å². The molecule has 0 radical (unpaired) electrons. The fourth-order valence-electron chi connectivity index (χ4n) is 3.60. The standard InChI is InChI=1S/C19H24ClN3O3/c20-15-5-3-14(4-6-15)17(24)7-8-18(25)22-10-1-2-16(13-22)23-11-9-21-12-19(23)26/h3-6,16,21H,1-2,7-13H2. The van der Waals surface area contributed by atoms with E-state index in [1.165, 1.54) is 0 Å². The fourth-order valence-corrected chi connectivity index (χ4v) is 3.73. The van der Waals surface area contributed by atoms with Gasteiger partial charge < -0.3 is 15.1 Å². The monoisotopic (exact) mass is 377 g/mol. The third-order valence-electron chi connectivity index (χ3n) is 5.05. The van der Waals surface area contributed by atoms with Crippen molar-refractivity contribution >= 4 is 29.2 Å². The van der Waals surface area contributed by atoms with Crippen LogP contribution in [0, 0.1) is 0 Å². The van der Waals surface area contributed by atoms with Gasteiger partial charge in [0.25, 0.3) is 0 Å². The first-order valence-electron chi connectivity index (χ1n) is 9.11. The highest BCUT2D eigenvalue weighted by Crippen LogP contribution is 2.19. The molecule has 140 valence electrons. The molecule has 0 saturated carbocycles. The van der Waals surface area contributed by atoms with Crippen molar-refractivity contribution in [2.45, 2.75) is 31.7 Å². The molecule has 2 heterocycles. The lowest BCUT2D eigenvalue weighted by Gasteiger charge is -2.41. The van der Waals surface area contributed by atoms with Gasteiger partial charge in [0.15, 0.2) is 5.78 Å². The predicted molar refractivity (Wildman–Crippen MR) is 99.2 cm³/mol. The van der Waals surface area contributed by atoms with E-state index in [0.29, 0.717) is 36.8 Å². The minimum absolute atomic E-state index is 0.0143. The van der Waals surface area contributed by atoms with Gasteiger partial charge >= 0.3 is 0 Å². The van der Waals surface area contributed by atoms with Crippen molar-refractivity contribution in [2.24, 2.45) is 0 Å². The number of rotatable bonds is 5. The average Bonchev–Trinajstić information content (AvgIpc) is 2.67. The maximum atomic E-state index is 12.5. The highest BCUT2D eigenvalue weighted by Gasteiger charge is 2.31. The molecular weight excluding hydrogens is 354 g/mol. The van der Waals surface area contributed by atoms with E-state index in [9.17, 15) is 14.4 Å². The Bertz CT molecular complexity index is 677. The van der Waals surface area contributed by atoms with E-state index in [0.717, 1.165) is 19.4 Å². The molecule has 7 heteroatoms. The number of carbonyl (C=O) groups is 3. The van der Waals surface area contributed by atoms with Crippen LogP contribution in [0.4, 0.5) is 0 Å². The first kappa shape index (κ1) is 18.9. The second-order valence-electron chi connectivity index (χ2n) is 6.83. The van der Waals surface area contributed by atoms with Crippen molar-refractivity contribution in [3.05, 3.63) is 34.9 Å². The summed E-state index contributed by atoms with van der Waals surface area (Å²) in [6, 6.07) is 6.81. The number of amides is 2. The average molecular weight is 378 g/mol. The van der Waals surface area contributed by atoms with Crippen molar-refractivity contribution in [3.63, 3.8) is 0 Å². The number of carbonyl (C=O) groups excluding carboxylic acids is 3. The number of hydrogen-bond acceptors (Lipinski definition) is 4. The lowest BCUT2D eigenvalue weighted by molar-refractivity contribution is -0.140. The zero-order chi connectivity index (χ0) is 18.5. The quantitative estimate of drug-likeness (QED) is 0.793. The summed E-state index contributed by atoms with van der Waals surface area (Å²) in [4.78, 5) is 40.5. The minimum atomic E-state index is -0.0548. The summed E-state index contributed by atoms with van der Waals surface area (Å²) in [5.74, 6) is 0.0360. The second kappa shape index (κ2) is 8.64. The van der Waals surface area contributed by atoms with Crippen molar-refractivity contribution in [2.75, 3.05) is 32.7 Å². The van der Waals surface area contributed by atoms with E-state index in [1.807, 2.05) is 4.90 Å². The normalized spacial score (nSPS) is 21.0. The van der Waals surface area contributed by atoms with Crippen LogP contribution in [0.2, 0.25) is 5.02 Å². The Balaban J connectivity index is 1.51. The van der Waals surface area contributed by atoms with Crippen LogP contribution in [-0.2, 0) is 9.59 Å². The molecule has 0 spiro atoms. The lowest BCUT2D eigenvalue weighted by atomic mass is 10.0. The van der Waals surface area contributed by atoms with E-state index in [4.69, 9.17) is 11.6 Å². The van der Waals surface area contributed by atoms with Crippen molar-refractivity contribution in [3.8, 4) is 0 Å². The molecule has 1 aromatic carbocycles. The van der Waals surface area contributed by atoms with Crippen molar-refractivity contribution in [1.29, 1.82) is 0 Å². The summed E-state index contributed by atoms with van der Waals surface area (Å²) in [6.07, 6.45) is 2.20. The number of piperazine rings is 1. The number of nitrogens with one attached hydrogen (secondary N) is 1. The summed E-state index contributed by atoms with van der Waals surface area (Å²) < 4.78 is 0. The number of Topliss-reactive ketones (excluding diaryl/α,β-unsaturated/α-hetero) is 1. The fraction of sp³-hybridized carbons (Fsp3) is 0.526. The van der Waals surface area contributed by atoms with Gasteiger partial charge in [-0.05, 0) is 37.1 Å². The zero-order valence-corrected chi connectivity index (χ0v) is 15.5. The molecule has 1 unspecified atom stereocenters. The third-order valence-corrected chi connectivity index (χ3v) is 5.30. The van der Waals surface area contributed by atoms with Crippen LogP contribution in [0.15, 0.2) is 24.3 Å². The molecule has 26 heavy (non-hydrogen) atoms. The Morgan fingerprint density at radius 2 is 1.92 bits per heavy atom. The molecule has 2 amide bonds. The summed E-state index contributed by atoms with van der Waals surface area (Å²) in [5.41, 5.74) is 0.574. The molecule has 6 nitrogen and oxygen atoms in total. The maximum absolute atomic E-state index is 12.5. The number of halogens is 1. The second-order valence-corrected chi connectivity index (χ2v) is 7.27. The van der Waals surface area contributed by atoms with Crippen LogP contribution in [0.3, 0.4) is 0 Å². The van der Waals surface area contributed by atoms with Gasteiger partial charge in [0.05, 0.1) is 6.54 Å². The van der Waals surface area contributed by atoms with Gasteiger partial charge in [0.1, 0.15) is 0 Å². The largest absolute Gasteiger partial charge is 0.341 e. The van der Waals surface area contributed by atoms with Gasteiger partial charge in [0, 0.05) is 55.6 Å². The zero-order valence-electron chi connectivity index (χ0n) is 14.7. The van der Waals surface area contributed by atoms with Crippen LogP contribution in [0.5, 0.6) is 0 Å². The maximum Gasteiger partial charge on any atom is 0.236 e. The molecule has 1 aromatic rings. The summed E-state index contributed by atoms with van der Waals surface area (Å²) in [5, 5.41) is 3.65. The van der Waals surface area contributed by atoms with Gasteiger partial charge in [0.2, 0.25) is 11.8 Å². The van der Waals surface area contributed by atoms with E-state index in [-0.39, 0.29) is 36.5 Å². The van der Waals surface area contributed by atoms with Gasteiger partial charge in [-0.2, -0.15) is 0 Å². The first-order chi connectivity index (χ1) is 12.5. The Morgan fingerprint density at radius 3 is 2.65 bits per heavy atom. The van der Waals surface area contributed by atoms with Crippen LogP contribution >= 0.6 is 11.6 Å². The highest BCUT2D eigenvalue weighted by atomic mass is 35.5. The van der Waals surface area contributed by atoms with E-state index in [1.54, 1.807) is 29.2 Å². The molecule has 0 bridgehead atoms. The molecular formula is C19H24ClN3O3. The van der Waals surface area contributed by atoms with E-state index in [2.05, 4.69) is 5.32 Å². The van der Waals surface area contributed by atoms with Gasteiger partial charge in [-0.25, -0.2) is 0 Å². The Kier molecular flexibility index (Phi) is 6.27. The molecule has 0 aliphatic carbocycles. The molecule has 1 N–H and O–H groups in total. The third kappa shape index (κ3) is 4.62. The molecule has 0 aromatic heterocycles. The summed E-state index contributed by atoms with van der Waals surface area (Å²) >= 11 is 5.83. The van der Waals surface area contributed by atoms with Crippen LogP contribution < -0.4 is 5.32 Å². The minimum Gasteiger partial charge on any atom is -0.341 e. The Labute approximate surface area is 158 Å².